The summed E-state index contributed by atoms with van der Waals surface area (Å²) in [6, 6.07) is 32.2. The van der Waals surface area contributed by atoms with Crippen LogP contribution in [0.15, 0.2) is 91.0 Å². The lowest BCUT2D eigenvalue weighted by molar-refractivity contribution is -0.133. The minimum Gasteiger partial charge on any atom is -0.340 e. The van der Waals surface area contributed by atoms with Crippen LogP contribution in [-0.2, 0) is 11.2 Å². The van der Waals surface area contributed by atoms with Gasteiger partial charge in [0.25, 0.3) is 0 Å². The maximum Gasteiger partial charge on any atom is 0.222 e. The molecular weight excluding hydrogens is 404 g/mol. The Labute approximate surface area is 199 Å². The summed E-state index contributed by atoms with van der Waals surface area (Å²) in [6.07, 6.45) is 4.86. The molecule has 1 aliphatic rings. The van der Waals surface area contributed by atoms with Crippen LogP contribution in [0.2, 0.25) is 0 Å². The zero-order valence-electron chi connectivity index (χ0n) is 19.6. The molecule has 0 radical (unpaired) electrons. The van der Waals surface area contributed by atoms with Crippen LogP contribution in [0.5, 0.6) is 0 Å². The van der Waals surface area contributed by atoms with E-state index in [1.807, 2.05) is 0 Å². The van der Waals surface area contributed by atoms with Crippen molar-refractivity contribution in [3.63, 3.8) is 0 Å². The standard InChI is InChI=1S/C30H36N2O/c33-30(32-24-22-31(23-25-32)21-20-26-12-4-1-5-13-26)19-11-10-18-29(27-14-6-2-7-15-27)28-16-8-3-9-17-28/h1-9,12-17,29H,10-11,18-25H2. The van der Waals surface area contributed by atoms with Gasteiger partial charge < -0.3 is 4.90 Å². The minimum atomic E-state index is 0.327. The van der Waals surface area contributed by atoms with Crippen LogP contribution in [-0.4, -0.2) is 48.4 Å². The van der Waals surface area contributed by atoms with Crippen molar-refractivity contribution >= 4 is 5.91 Å². The summed E-state index contributed by atoms with van der Waals surface area (Å²) in [5, 5.41) is 0. The second-order valence-electron chi connectivity index (χ2n) is 9.08. The summed E-state index contributed by atoms with van der Waals surface area (Å²) < 4.78 is 0. The molecule has 0 aliphatic carbocycles. The van der Waals surface area contributed by atoms with Gasteiger partial charge in [-0.1, -0.05) is 97.4 Å². The monoisotopic (exact) mass is 440 g/mol. The molecule has 0 aromatic heterocycles. The van der Waals surface area contributed by atoms with Gasteiger partial charge in [0, 0.05) is 45.1 Å². The number of nitrogens with zero attached hydrogens (tertiary/aromatic N) is 2. The second kappa shape index (κ2) is 12.4. The molecule has 1 aliphatic heterocycles. The van der Waals surface area contributed by atoms with E-state index < -0.39 is 0 Å². The van der Waals surface area contributed by atoms with Gasteiger partial charge in [-0.15, -0.1) is 0 Å². The topological polar surface area (TPSA) is 23.6 Å². The van der Waals surface area contributed by atoms with Gasteiger partial charge >= 0.3 is 0 Å². The molecule has 0 atom stereocenters. The molecular formula is C30H36N2O. The van der Waals surface area contributed by atoms with E-state index in [2.05, 4.69) is 101 Å². The molecule has 0 saturated carbocycles. The highest BCUT2D eigenvalue weighted by molar-refractivity contribution is 5.76. The lowest BCUT2D eigenvalue weighted by Gasteiger charge is -2.35. The van der Waals surface area contributed by atoms with Gasteiger partial charge in [-0.2, -0.15) is 0 Å². The Morgan fingerprint density at radius 1 is 0.697 bits per heavy atom. The number of carbonyl (C=O) groups is 1. The second-order valence-corrected chi connectivity index (χ2v) is 9.08. The normalized spacial score (nSPS) is 14.5. The molecule has 3 aromatic carbocycles. The Hall–Kier alpha value is -2.91. The third kappa shape index (κ3) is 7.03. The fourth-order valence-electron chi connectivity index (χ4n) is 4.83. The predicted octanol–water partition coefficient (Wildman–Crippen LogP) is 5.77. The maximum absolute atomic E-state index is 12.8. The van der Waals surface area contributed by atoms with Gasteiger partial charge in [-0.25, -0.2) is 0 Å². The van der Waals surface area contributed by atoms with Crippen molar-refractivity contribution in [2.75, 3.05) is 32.7 Å². The SMILES string of the molecule is O=C(CCCCC(c1ccccc1)c1ccccc1)N1CCN(CCc2ccccc2)CC1. The van der Waals surface area contributed by atoms with Gasteiger partial charge in [-0.05, 0) is 36.0 Å². The Morgan fingerprint density at radius 3 is 1.82 bits per heavy atom. The van der Waals surface area contributed by atoms with E-state index in [1.54, 1.807) is 0 Å². The van der Waals surface area contributed by atoms with Crippen LogP contribution in [0.3, 0.4) is 0 Å². The Bertz CT molecular complexity index is 911. The molecule has 0 spiro atoms. The molecule has 33 heavy (non-hydrogen) atoms. The molecule has 0 unspecified atom stereocenters. The summed E-state index contributed by atoms with van der Waals surface area (Å²) in [6.45, 7) is 4.78. The number of piperazine rings is 1. The number of hydrogen-bond donors (Lipinski definition) is 0. The molecule has 3 heteroatoms. The van der Waals surface area contributed by atoms with Crippen molar-refractivity contribution in [2.45, 2.75) is 38.0 Å². The van der Waals surface area contributed by atoms with Crippen LogP contribution < -0.4 is 0 Å². The van der Waals surface area contributed by atoms with E-state index in [0.717, 1.165) is 58.4 Å². The van der Waals surface area contributed by atoms with Gasteiger partial charge in [0.05, 0.1) is 0 Å². The van der Waals surface area contributed by atoms with Crippen molar-refractivity contribution in [3.05, 3.63) is 108 Å². The largest absolute Gasteiger partial charge is 0.340 e. The first kappa shape index (κ1) is 23.3. The van der Waals surface area contributed by atoms with E-state index in [1.165, 1.54) is 16.7 Å². The van der Waals surface area contributed by atoms with E-state index in [0.29, 0.717) is 18.2 Å². The molecule has 3 aromatic rings. The van der Waals surface area contributed by atoms with Crippen molar-refractivity contribution in [3.8, 4) is 0 Å². The van der Waals surface area contributed by atoms with Gasteiger partial charge in [-0.3, -0.25) is 9.69 Å². The summed E-state index contributed by atoms with van der Waals surface area (Å²) in [7, 11) is 0. The van der Waals surface area contributed by atoms with E-state index >= 15 is 0 Å². The summed E-state index contributed by atoms with van der Waals surface area (Å²) in [5.41, 5.74) is 4.11. The van der Waals surface area contributed by atoms with Crippen molar-refractivity contribution in [1.29, 1.82) is 0 Å². The number of carbonyl (C=O) groups excluding carboxylic acids is 1. The third-order valence-corrected chi connectivity index (χ3v) is 6.82. The first-order valence-corrected chi connectivity index (χ1v) is 12.4. The van der Waals surface area contributed by atoms with Crippen LogP contribution >= 0.6 is 0 Å². The number of amides is 1. The Kier molecular flexibility index (Phi) is 8.71. The van der Waals surface area contributed by atoms with Crippen molar-refractivity contribution < 1.29 is 4.79 Å². The number of rotatable bonds is 10. The Balaban J connectivity index is 1.18. The Morgan fingerprint density at radius 2 is 1.24 bits per heavy atom. The third-order valence-electron chi connectivity index (χ3n) is 6.82. The van der Waals surface area contributed by atoms with Gasteiger partial charge in [0.1, 0.15) is 0 Å². The van der Waals surface area contributed by atoms with E-state index in [9.17, 15) is 4.79 Å². The highest BCUT2D eigenvalue weighted by Gasteiger charge is 2.21. The number of unbranched alkanes of at least 4 members (excludes halogenated alkanes) is 1. The van der Waals surface area contributed by atoms with Crippen molar-refractivity contribution in [1.82, 2.24) is 9.80 Å². The first-order chi connectivity index (χ1) is 16.3. The first-order valence-electron chi connectivity index (χ1n) is 12.4. The summed E-state index contributed by atoms with van der Waals surface area (Å²) in [4.78, 5) is 17.3. The minimum absolute atomic E-state index is 0.327. The molecule has 0 bridgehead atoms. The fourth-order valence-corrected chi connectivity index (χ4v) is 4.83. The lowest BCUT2D eigenvalue weighted by Crippen LogP contribution is -2.49. The molecule has 0 N–H and O–H groups in total. The summed E-state index contributed by atoms with van der Waals surface area (Å²) >= 11 is 0. The van der Waals surface area contributed by atoms with E-state index in [4.69, 9.17) is 0 Å². The average molecular weight is 441 g/mol. The highest BCUT2D eigenvalue weighted by atomic mass is 16.2. The zero-order chi connectivity index (χ0) is 22.7. The zero-order valence-corrected chi connectivity index (χ0v) is 19.6. The van der Waals surface area contributed by atoms with Crippen molar-refractivity contribution in [2.24, 2.45) is 0 Å². The number of benzene rings is 3. The number of hydrogen-bond acceptors (Lipinski definition) is 2. The summed E-state index contributed by atoms with van der Waals surface area (Å²) in [5.74, 6) is 0.726. The molecule has 3 nitrogen and oxygen atoms in total. The predicted molar refractivity (Wildman–Crippen MR) is 136 cm³/mol. The molecule has 1 amide bonds. The quantitative estimate of drug-likeness (QED) is 0.374. The van der Waals surface area contributed by atoms with Gasteiger partial charge in [0.15, 0.2) is 0 Å². The van der Waals surface area contributed by atoms with E-state index in [-0.39, 0.29) is 0 Å². The van der Waals surface area contributed by atoms with Crippen LogP contribution in [0.4, 0.5) is 0 Å². The average Bonchev–Trinajstić information content (AvgIpc) is 2.89. The maximum atomic E-state index is 12.8. The molecule has 1 saturated heterocycles. The fraction of sp³-hybridized carbons (Fsp3) is 0.367. The van der Waals surface area contributed by atoms with Crippen LogP contribution in [0.1, 0.15) is 48.3 Å². The molecule has 4 rings (SSSR count). The molecule has 1 fully saturated rings. The van der Waals surface area contributed by atoms with Crippen LogP contribution in [0.25, 0.3) is 0 Å². The van der Waals surface area contributed by atoms with Gasteiger partial charge in [0.2, 0.25) is 5.91 Å². The highest BCUT2D eigenvalue weighted by Crippen LogP contribution is 2.29. The van der Waals surface area contributed by atoms with Crippen LogP contribution in [0, 0.1) is 0 Å². The smallest absolute Gasteiger partial charge is 0.222 e. The molecule has 172 valence electrons. The molecule has 1 heterocycles. The lowest BCUT2D eigenvalue weighted by atomic mass is 9.87.